The molecule has 1 aromatic carbocycles. The van der Waals surface area contributed by atoms with Crippen LogP contribution in [-0.4, -0.2) is 65.5 Å². The maximum Gasteiger partial charge on any atom is 0.257 e. The van der Waals surface area contributed by atoms with Crippen LogP contribution in [0.25, 0.3) is 5.65 Å². The number of benzene rings is 1. The molecular formula is C21H24N4O3. The first-order valence-electron chi connectivity index (χ1n) is 9.34. The number of amides is 1. The highest BCUT2D eigenvalue weighted by Crippen LogP contribution is 2.26. The van der Waals surface area contributed by atoms with Crippen LogP contribution in [0.15, 0.2) is 48.8 Å². The summed E-state index contributed by atoms with van der Waals surface area (Å²) in [6.07, 6.45) is 3.96. The second-order valence-corrected chi connectivity index (χ2v) is 6.81. The third-order valence-electron chi connectivity index (χ3n) is 5.18. The molecule has 2 aromatic heterocycles. The van der Waals surface area contributed by atoms with Crippen molar-refractivity contribution >= 4 is 11.6 Å². The number of nitrogens with zero attached hydrogens (tertiary/aromatic N) is 4. The Morgan fingerprint density at radius 2 is 1.89 bits per heavy atom. The van der Waals surface area contributed by atoms with Crippen LogP contribution in [-0.2, 0) is 6.54 Å². The van der Waals surface area contributed by atoms with Gasteiger partial charge in [0.25, 0.3) is 5.91 Å². The van der Waals surface area contributed by atoms with Crippen LogP contribution in [0.1, 0.15) is 16.1 Å². The molecule has 0 bridgehead atoms. The third kappa shape index (κ3) is 3.53. The SMILES string of the molecule is COc1ccc(C(=O)N2CCN(Cc3cnc4ccccn34)CC2)c(OC)c1. The van der Waals surface area contributed by atoms with Crippen molar-refractivity contribution in [2.24, 2.45) is 0 Å². The number of fused-ring (bicyclic) bond motifs is 1. The van der Waals surface area contributed by atoms with Gasteiger partial charge in [0.15, 0.2) is 0 Å². The van der Waals surface area contributed by atoms with Crippen molar-refractivity contribution in [2.75, 3.05) is 40.4 Å². The number of pyridine rings is 1. The Labute approximate surface area is 164 Å². The van der Waals surface area contributed by atoms with Gasteiger partial charge in [-0.05, 0) is 24.3 Å². The maximum absolute atomic E-state index is 13.0. The molecule has 28 heavy (non-hydrogen) atoms. The van der Waals surface area contributed by atoms with Gasteiger partial charge in [0.2, 0.25) is 0 Å². The first-order chi connectivity index (χ1) is 13.7. The topological polar surface area (TPSA) is 59.3 Å². The lowest BCUT2D eigenvalue weighted by Gasteiger charge is -2.34. The molecule has 3 aromatic rings. The molecule has 0 saturated carbocycles. The van der Waals surface area contributed by atoms with Gasteiger partial charge in [-0.1, -0.05) is 6.07 Å². The van der Waals surface area contributed by atoms with E-state index < -0.39 is 0 Å². The second-order valence-electron chi connectivity index (χ2n) is 6.81. The highest BCUT2D eigenvalue weighted by atomic mass is 16.5. The summed E-state index contributed by atoms with van der Waals surface area (Å²) in [5.74, 6) is 1.21. The molecule has 0 spiro atoms. The molecule has 0 aliphatic carbocycles. The number of imidazole rings is 1. The Kier molecular flexibility index (Phi) is 5.16. The molecule has 0 N–H and O–H groups in total. The Morgan fingerprint density at radius 3 is 2.64 bits per heavy atom. The van der Waals surface area contributed by atoms with E-state index in [1.807, 2.05) is 35.5 Å². The molecule has 0 atom stereocenters. The number of carbonyl (C=O) groups excluding carboxylic acids is 1. The lowest BCUT2D eigenvalue weighted by atomic mass is 10.1. The molecule has 1 aliphatic rings. The second kappa shape index (κ2) is 7.90. The fourth-order valence-corrected chi connectivity index (χ4v) is 3.59. The van der Waals surface area contributed by atoms with Crippen molar-refractivity contribution in [1.82, 2.24) is 19.2 Å². The van der Waals surface area contributed by atoms with Gasteiger partial charge in [0.05, 0.1) is 31.7 Å². The fourth-order valence-electron chi connectivity index (χ4n) is 3.59. The fraction of sp³-hybridized carbons (Fsp3) is 0.333. The lowest BCUT2D eigenvalue weighted by Crippen LogP contribution is -2.48. The van der Waals surface area contributed by atoms with Crippen molar-refractivity contribution in [3.05, 3.63) is 60.0 Å². The predicted octanol–water partition coefficient (Wildman–Crippen LogP) is 2.31. The van der Waals surface area contributed by atoms with Gasteiger partial charge >= 0.3 is 0 Å². The van der Waals surface area contributed by atoms with Crippen LogP contribution in [0.4, 0.5) is 0 Å². The molecule has 1 aliphatic heterocycles. The number of piperazine rings is 1. The minimum absolute atomic E-state index is 0.00560. The first kappa shape index (κ1) is 18.3. The average Bonchev–Trinajstić information content (AvgIpc) is 3.16. The summed E-state index contributed by atoms with van der Waals surface area (Å²) in [4.78, 5) is 21.6. The van der Waals surface area contributed by atoms with E-state index >= 15 is 0 Å². The van der Waals surface area contributed by atoms with E-state index in [1.165, 1.54) is 0 Å². The monoisotopic (exact) mass is 380 g/mol. The minimum Gasteiger partial charge on any atom is -0.497 e. The summed E-state index contributed by atoms with van der Waals surface area (Å²) in [7, 11) is 3.17. The third-order valence-corrected chi connectivity index (χ3v) is 5.18. The highest BCUT2D eigenvalue weighted by molar-refractivity contribution is 5.97. The first-order valence-corrected chi connectivity index (χ1v) is 9.34. The maximum atomic E-state index is 13.0. The van der Waals surface area contributed by atoms with E-state index in [9.17, 15) is 4.79 Å². The summed E-state index contributed by atoms with van der Waals surface area (Å²) >= 11 is 0. The number of carbonyl (C=O) groups is 1. The molecule has 3 heterocycles. The molecule has 1 amide bonds. The number of hydrogen-bond donors (Lipinski definition) is 0. The average molecular weight is 380 g/mol. The van der Waals surface area contributed by atoms with E-state index in [-0.39, 0.29) is 5.91 Å². The van der Waals surface area contributed by atoms with Gasteiger partial charge in [-0.3, -0.25) is 9.69 Å². The van der Waals surface area contributed by atoms with E-state index in [4.69, 9.17) is 9.47 Å². The lowest BCUT2D eigenvalue weighted by molar-refractivity contribution is 0.0623. The zero-order chi connectivity index (χ0) is 19.5. The predicted molar refractivity (Wildman–Crippen MR) is 106 cm³/mol. The van der Waals surface area contributed by atoms with E-state index in [0.717, 1.165) is 31.0 Å². The number of rotatable bonds is 5. The van der Waals surface area contributed by atoms with E-state index in [1.54, 1.807) is 32.4 Å². The number of ether oxygens (including phenoxy) is 2. The summed E-state index contributed by atoms with van der Waals surface area (Å²) in [6.45, 7) is 3.84. The van der Waals surface area contributed by atoms with Crippen LogP contribution < -0.4 is 9.47 Å². The van der Waals surface area contributed by atoms with Crippen molar-refractivity contribution in [3.63, 3.8) is 0 Å². The van der Waals surface area contributed by atoms with Gasteiger partial charge in [0, 0.05) is 45.0 Å². The van der Waals surface area contributed by atoms with Crippen LogP contribution in [0.2, 0.25) is 0 Å². The standard InChI is InChI=1S/C21H24N4O3/c1-27-17-6-7-18(19(13-17)28-2)21(26)24-11-9-23(10-12-24)15-16-14-22-20-5-3-4-8-25(16)20/h3-8,13-14H,9-12,15H2,1-2H3. The Balaban J connectivity index is 1.40. The number of aromatic nitrogens is 2. The number of hydrogen-bond acceptors (Lipinski definition) is 5. The van der Waals surface area contributed by atoms with Gasteiger partial charge < -0.3 is 18.8 Å². The van der Waals surface area contributed by atoms with Gasteiger partial charge in [-0.25, -0.2) is 4.98 Å². The van der Waals surface area contributed by atoms with Crippen molar-refractivity contribution < 1.29 is 14.3 Å². The van der Waals surface area contributed by atoms with Crippen LogP contribution in [0.3, 0.4) is 0 Å². The highest BCUT2D eigenvalue weighted by Gasteiger charge is 2.25. The van der Waals surface area contributed by atoms with Crippen molar-refractivity contribution in [1.29, 1.82) is 0 Å². The molecule has 4 rings (SSSR count). The molecule has 0 radical (unpaired) electrons. The quantitative estimate of drug-likeness (QED) is 0.680. The largest absolute Gasteiger partial charge is 0.497 e. The van der Waals surface area contributed by atoms with Crippen LogP contribution in [0.5, 0.6) is 11.5 Å². The van der Waals surface area contributed by atoms with Crippen LogP contribution in [0, 0.1) is 0 Å². The smallest absolute Gasteiger partial charge is 0.257 e. The Morgan fingerprint density at radius 1 is 1.07 bits per heavy atom. The van der Waals surface area contributed by atoms with Crippen molar-refractivity contribution in [2.45, 2.75) is 6.54 Å². The van der Waals surface area contributed by atoms with E-state index in [2.05, 4.69) is 14.3 Å². The molecule has 1 fully saturated rings. The summed E-state index contributed by atoms with van der Waals surface area (Å²) in [5, 5.41) is 0. The van der Waals surface area contributed by atoms with Gasteiger partial charge in [-0.2, -0.15) is 0 Å². The molecule has 7 nitrogen and oxygen atoms in total. The van der Waals surface area contributed by atoms with Crippen LogP contribution >= 0.6 is 0 Å². The normalized spacial score (nSPS) is 15.0. The van der Waals surface area contributed by atoms with Gasteiger partial charge in [0.1, 0.15) is 17.1 Å². The molecule has 146 valence electrons. The molecule has 1 saturated heterocycles. The summed E-state index contributed by atoms with van der Waals surface area (Å²) < 4.78 is 12.7. The van der Waals surface area contributed by atoms with E-state index in [0.29, 0.717) is 30.2 Å². The summed E-state index contributed by atoms with van der Waals surface area (Å²) in [5.41, 5.74) is 2.68. The molecular weight excluding hydrogens is 356 g/mol. The minimum atomic E-state index is -0.00560. The van der Waals surface area contributed by atoms with Crippen molar-refractivity contribution in [3.8, 4) is 11.5 Å². The number of methoxy groups -OCH3 is 2. The van der Waals surface area contributed by atoms with Gasteiger partial charge in [-0.15, -0.1) is 0 Å². The molecule has 0 unspecified atom stereocenters. The Hall–Kier alpha value is -3.06. The Bertz CT molecular complexity index is 977. The summed E-state index contributed by atoms with van der Waals surface area (Å²) in [6, 6.07) is 11.3. The zero-order valence-electron chi connectivity index (χ0n) is 16.2. The zero-order valence-corrected chi connectivity index (χ0v) is 16.2. The molecule has 7 heteroatoms.